The topological polar surface area (TPSA) is 0 Å². The standard InChI is InChI=1S/C12H16/c1-5-6-12-7-9(2)11(4)10(3)8-12/h5,7-8H,1,6H2,2-4H3. The highest BCUT2D eigenvalue weighted by Gasteiger charge is 1.98. The molecule has 0 bridgehead atoms. The van der Waals surface area contributed by atoms with Gasteiger partial charge >= 0.3 is 0 Å². The summed E-state index contributed by atoms with van der Waals surface area (Å²) in [4.78, 5) is 0. The average Bonchev–Trinajstić information content (AvgIpc) is 2.01. The van der Waals surface area contributed by atoms with E-state index in [2.05, 4.69) is 39.5 Å². The Balaban J connectivity index is 3.11. The highest BCUT2D eigenvalue weighted by molar-refractivity contribution is 5.37. The van der Waals surface area contributed by atoms with E-state index in [0.717, 1.165) is 6.42 Å². The first-order valence-corrected chi connectivity index (χ1v) is 4.32. The zero-order valence-corrected chi connectivity index (χ0v) is 8.15. The minimum Gasteiger partial charge on any atom is -0.103 e. The van der Waals surface area contributed by atoms with Crippen molar-refractivity contribution in [2.75, 3.05) is 0 Å². The van der Waals surface area contributed by atoms with Gasteiger partial charge in [-0.2, -0.15) is 0 Å². The summed E-state index contributed by atoms with van der Waals surface area (Å²) in [6.45, 7) is 10.2. The maximum atomic E-state index is 3.74. The van der Waals surface area contributed by atoms with Crippen molar-refractivity contribution in [3.63, 3.8) is 0 Å². The van der Waals surface area contributed by atoms with E-state index in [0.29, 0.717) is 0 Å². The minimum atomic E-state index is 0.974. The Hall–Kier alpha value is -1.04. The van der Waals surface area contributed by atoms with E-state index in [1.165, 1.54) is 22.3 Å². The fraction of sp³-hybridized carbons (Fsp3) is 0.333. The van der Waals surface area contributed by atoms with Crippen LogP contribution >= 0.6 is 0 Å². The largest absolute Gasteiger partial charge is 0.103 e. The Bertz CT molecular complexity index is 272. The van der Waals surface area contributed by atoms with Crippen molar-refractivity contribution in [2.24, 2.45) is 0 Å². The van der Waals surface area contributed by atoms with Crippen molar-refractivity contribution in [3.8, 4) is 0 Å². The average molecular weight is 160 g/mol. The Morgan fingerprint density at radius 2 is 1.67 bits per heavy atom. The van der Waals surface area contributed by atoms with Gasteiger partial charge in [0.2, 0.25) is 0 Å². The third kappa shape index (κ3) is 1.76. The molecule has 12 heavy (non-hydrogen) atoms. The van der Waals surface area contributed by atoms with E-state index in [9.17, 15) is 0 Å². The van der Waals surface area contributed by atoms with Crippen LogP contribution in [0.25, 0.3) is 0 Å². The van der Waals surface area contributed by atoms with E-state index in [4.69, 9.17) is 0 Å². The summed E-state index contributed by atoms with van der Waals surface area (Å²) in [5.41, 5.74) is 5.53. The maximum Gasteiger partial charge on any atom is -0.00999 e. The van der Waals surface area contributed by atoms with Crippen molar-refractivity contribution in [2.45, 2.75) is 27.2 Å². The van der Waals surface area contributed by atoms with Gasteiger partial charge < -0.3 is 0 Å². The molecule has 0 aromatic heterocycles. The summed E-state index contributed by atoms with van der Waals surface area (Å²) in [5, 5.41) is 0. The molecule has 64 valence electrons. The van der Waals surface area contributed by atoms with Gasteiger partial charge in [-0.25, -0.2) is 0 Å². The molecule has 0 aliphatic heterocycles. The summed E-state index contributed by atoms with van der Waals surface area (Å²) in [7, 11) is 0. The van der Waals surface area contributed by atoms with Gasteiger partial charge in [0.15, 0.2) is 0 Å². The van der Waals surface area contributed by atoms with Crippen LogP contribution in [0.2, 0.25) is 0 Å². The molecule has 1 aromatic rings. The molecular formula is C12H16. The predicted molar refractivity (Wildman–Crippen MR) is 54.6 cm³/mol. The van der Waals surface area contributed by atoms with Crippen LogP contribution in [0.1, 0.15) is 22.3 Å². The molecule has 0 spiro atoms. The summed E-state index contributed by atoms with van der Waals surface area (Å²) in [5.74, 6) is 0. The number of benzene rings is 1. The Labute approximate surface area is 74.9 Å². The molecule has 0 heterocycles. The molecule has 0 radical (unpaired) electrons. The van der Waals surface area contributed by atoms with Crippen LogP contribution in [0, 0.1) is 20.8 Å². The van der Waals surface area contributed by atoms with Gasteiger partial charge in [-0.15, -0.1) is 6.58 Å². The van der Waals surface area contributed by atoms with Crippen LogP contribution in [0.5, 0.6) is 0 Å². The van der Waals surface area contributed by atoms with Crippen LogP contribution in [-0.4, -0.2) is 0 Å². The molecular weight excluding hydrogens is 144 g/mol. The second kappa shape index (κ2) is 3.57. The van der Waals surface area contributed by atoms with Gasteiger partial charge in [0, 0.05) is 0 Å². The molecule has 0 heteroatoms. The molecule has 0 nitrogen and oxygen atoms in total. The smallest absolute Gasteiger partial charge is 0.00999 e. The SMILES string of the molecule is C=CCc1cc(C)c(C)c(C)c1. The summed E-state index contributed by atoms with van der Waals surface area (Å²) < 4.78 is 0. The normalized spacial score (nSPS) is 9.92. The van der Waals surface area contributed by atoms with Gasteiger partial charge in [-0.1, -0.05) is 18.2 Å². The van der Waals surface area contributed by atoms with Gasteiger partial charge in [0.05, 0.1) is 0 Å². The summed E-state index contributed by atoms with van der Waals surface area (Å²) >= 11 is 0. The molecule has 0 saturated heterocycles. The lowest BCUT2D eigenvalue weighted by Crippen LogP contribution is -1.90. The first kappa shape index (κ1) is 9.05. The Morgan fingerprint density at radius 3 is 2.08 bits per heavy atom. The number of aryl methyl sites for hydroxylation is 2. The predicted octanol–water partition coefficient (Wildman–Crippen LogP) is 3.34. The third-order valence-electron chi connectivity index (χ3n) is 2.37. The molecule has 0 amide bonds. The first-order valence-electron chi connectivity index (χ1n) is 4.32. The second-order valence-electron chi connectivity index (χ2n) is 3.35. The molecule has 0 aliphatic rings. The van der Waals surface area contributed by atoms with Gasteiger partial charge in [-0.3, -0.25) is 0 Å². The third-order valence-corrected chi connectivity index (χ3v) is 2.37. The highest BCUT2D eigenvalue weighted by Crippen LogP contribution is 2.15. The van der Waals surface area contributed by atoms with Crippen molar-refractivity contribution in [3.05, 3.63) is 47.0 Å². The van der Waals surface area contributed by atoms with Crippen molar-refractivity contribution in [1.29, 1.82) is 0 Å². The Kier molecular flexibility index (Phi) is 2.69. The van der Waals surface area contributed by atoms with E-state index >= 15 is 0 Å². The fourth-order valence-corrected chi connectivity index (χ4v) is 1.41. The lowest BCUT2D eigenvalue weighted by molar-refractivity contribution is 1.18. The second-order valence-corrected chi connectivity index (χ2v) is 3.35. The maximum absolute atomic E-state index is 3.74. The van der Waals surface area contributed by atoms with E-state index in [-0.39, 0.29) is 0 Å². The zero-order valence-electron chi connectivity index (χ0n) is 8.15. The molecule has 0 N–H and O–H groups in total. The van der Waals surface area contributed by atoms with Gasteiger partial charge in [0.1, 0.15) is 0 Å². The van der Waals surface area contributed by atoms with Gasteiger partial charge in [-0.05, 0) is 49.4 Å². The first-order chi connectivity index (χ1) is 5.65. The fourth-order valence-electron chi connectivity index (χ4n) is 1.41. The highest BCUT2D eigenvalue weighted by atomic mass is 14.0. The van der Waals surface area contributed by atoms with E-state index < -0.39 is 0 Å². The number of hydrogen-bond donors (Lipinski definition) is 0. The molecule has 0 saturated carbocycles. The number of rotatable bonds is 2. The lowest BCUT2D eigenvalue weighted by Gasteiger charge is -2.07. The van der Waals surface area contributed by atoms with Crippen molar-refractivity contribution < 1.29 is 0 Å². The van der Waals surface area contributed by atoms with Crippen LogP contribution in [0.4, 0.5) is 0 Å². The van der Waals surface area contributed by atoms with Crippen molar-refractivity contribution in [1.82, 2.24) is 0 Å². The Morgan fingerprint density at radius 1 is 1.17 bits per heavy atom. The lowest BCUT2D eigenvalue weighted by atomic mass is 9.99. The van der Waals surface area contributed by atoms with Crippen molar-refractivity contribution >= 4 is 0 Å². The molecule has 0 fully saturated rings. The number of hydrogen-bond acceptors (Lipinski definition) is 0. The molecule has 0 unspecified atom stereocenters. The van der Waals surface area contributed by atoms with E-state index in [1.54, 1.807) is 0 Å². The quantitative estimate of drug-likeness (QED) is 0.582. The molecule has 1 aromatic carbocycles. The van der Waals surface area contributed by atoms with E-state index in [1.807, 2.05) is 6.08 Å². The van der Waals surface area contributed by atoms with Gasteiger partial charge in [0.25, 0.3) is 0 Å². The summed E-state index contributed by atoms with van der Waals surface area (Å²) in [6, 6.07) is 4.48. The zero-order chi connectivity index (χ0) is 9.14. The molecule has 1 rings (SSSR count). The molecule has 0 aliphatic carbocycles. The summed E-state index contributed by atoms with van der Waals surface area (Å²) in [6.07, 6.45) is 2.92. The van der Waals surface area contributed by atoms with Crippen LogP contribution in [0.3, 0.4) is 0 Å². The van der Waals surface area contributed by atoms with Crippen LogP contribution in [-0.2, 0) is 6.42 Å². The monoisotopic (exact) mass is 160 g/mol. The minimum absolute atomic E-state index is 0.974. The molecule has 0 atom stereocenters. The number of allylic oxidation sites excluding steroid dienone is 1. The van der Waals surface area contributed by atoms with Crippen LogP contribution in [0.15, 0.2) is 24.8 Å². The van der Waals surface area contributed by atoms with Crippen LogP contribution < -0.4 is 0 Å².